The van der Waals surface area contributed by atoms with E-state index in [-0.39, 0.29) is 0 Å². The first-order chi connectivity index (χ1) is 10.7. The van der Waals surface area contributed by atoms with Gasteiger partial charge in [0, 0.05) is 12.4 Å². The molecule has 114 valence electrons. The SMILES string of the molecule is CCOc1cccc(/C=C/n2ccc(=NC3CC3)nc2N)c1. The molecule has 2 aromatic rings. The molecule has 1 aromatic heterocycles. The fourth-order valence-electron chi connectivity index (χ4n) is 2.07. The van der Waals surface area contributed by atoms with Crippen LogP contribution >= 0.6 is 0 Å². The monoisotopic (exact) mass is 296 g/mol. The Hall–Kier alpha value is -2.56. The van der Waals surface area contributed by atoms with Crippen LogP contribution in [0.2, 0.25) is 0 Å². The fraction of sp³-hybridized carbons (Fsp3) is 0.294. The Bertz CT molecular complexity index is 744. The van der Waals surface area contributed by atoms with Crippen LogP contribution in [0.25, 0.3) is 12.3 Å². The summed E-state index contributed by atoms with van der Waals surface area (Å²) in [6.07, 6.45) is 8.05. The number of nitrogens with two attached hydrogens (primary N) is 1. The second-order valence-electron chi connectivity index (χ2n) is 5.23. The van der Waals surface area contributed by atoms with Crippen LogP contribution in [0.3, 0.4) is 0 Å². The molecule has 0 bridgehead atoms. The minimum Gasteiger partial charge on any atom is -0.494 e. The van der Waals surface area contributed by atoms with Crippen molar-refractivity contribution < 1.29 is 4.74 Å². The molecular formula is C17H20N4O. The third-order valence-electron chi connectivity index (χ3n) is 3.34. The molecule has 0 aliphatic heterocycles. The van der Waals surface area contributed by atoms with E-state index >= 15 is 0 Å². The maximum absolute atomic E-state index is 5.98. The number of anilines is 1. The summed E-state index contributed by atoms with van der Waals surface area (Å²) in [5.74, 6) is 1.29. The van der Waals surface area contributed by atoms with Gasteiger partial charge in [-0.3, -0.25) is 9.56 Å². The average Bonchev–Trinajstić information content (AvgIpc) is 3.31. The second kappa shape index (κ2) is 6.47. The highest BCUT2D eigenvalue weighted by atomic mass is 16.5. The van der Waals surface area contributed by atoms with Crippen molar-refractivity contribution in [2.24, 2.45) is 4.99 Å². The lowest BCUT2D eigenvalue weighted by Crippen LogP contribution is -2.15. The van der Waals surface area contributed by atoms with E-state index in [1.54, 1.807) is 4.57 Å². The van der Waals surface area contributed by atoms with Crippen LogP contribution in [0, 0.1) is 0 Å². The van der Waals surface area contributed by atoms with E-state index in [0.717, 1.165) is 24.2 Å². The van der Waals surface area contributed by atoms with E-state index in [2.05, 4.69) is 9.98 Å². The summed E-state index contributed by atoms with van der Waals surface area (Å²) in [4.78, 5) is 8.79. The number of hydrogen-bond acceptors (Lipinski definition) is 4. The van der Waals surface area contributed by atoms with Crippen molar-refractivity contribution in [2.45, 2.75) is 25.8 Å². The Morgan fingerprint density at radius 1 is 1.41 bits per heavy atom. The summed E-state index contributed by atoms with van der Waals surface area (Å²) in [6.45, 7) is 2.63. The summed E-state index contributed by atoms with van der Waals surface area (Å²) in [7, 11) is 0. The van der Waals surface area contributed by atoms with Crippen molar-refractivity contribution in [3.8, 4) is 5.75 Å². The number of nitrogens with zero attached hydrogens (tertiary/aromatic N) is 3. The van der Waals surface area contributed by atoms with Crippen molar-refractivity contribution in [1.82, 2.24) is 9.55 Å². The molecule has 1 aliphatic carbocycles. The number of ether oxygens (including phenoxy) is 1. The van der Waals surface area contributed by atoms with Crippen molar-refractivity contribution in [2.75, 3.05) is 12.3 Å². The molecule has 3 rings (SSSR count). The lowest BCUT2D eigenvalue weighted by molar-refractivity contribution is 0.340. The van der Waals surface area contributed by atoms with Gasteiger partial charge in [0.2, 0.25) is 5.95 Å². The van der Waals surface area contributed by atoms with Crippen molar-refractivity contribution in [3.05, 3.63) is 47.6 Å². The molecule has 5 nitrogen and oxygen atoms in total. The van der Waals surface area contributed by atoms with Gasteiger partial charge in [-0.2, -0.15) is 4.98 Å². The molecule has 22 heavy (non-hydrogen) atoms. The maximum atomic E-state index is 5.98. The summed E-state index contributed by atoms with van der Waals surface area (Å²) >= 11 is 0. The highest BCUT2D eigenvalue weighted by Gasteiger charge is 2.19. The van der Waals surface area contributed by atoms with Gasteiger partial charge in [0.05, 0.1) is 12.6 Å². The van der Waals surface area contributed by atoms with Gasteiger partial charge in [0.15, 0.2) is 5.49 Å². The topological polar surface area (TPSA) is 65.4 Å². The first-order valence-electron chi connectivity index (χ1n) is 7.54. The summed E-state index contributed by atoms with van der Waals surface area (Å²) < 4.78 is 7.27. The van der Waals surface area contributed by atoms with Crippen LogP contribution in [-0.2, 0) is 0 Å². The van der Waals surface area contributed by atoms with Crippen molar-refractivity contribution >= 4 is 18.2 Å². The summed E-state index contributed by atoms with van der Waals surface area (Å²) in [5.41, 5.74) is 7.73. The van der Waals surface area contributed by atoms with Gasteiger partial charge < -0.3 is 10.5 Å². The molecule has 0 atom stereocenters. The molecule has 0 radical (unpaired) electrons. The largest absolute Gasteiger partial charge is 0.494 e. The van der Waals surface area contributed by atoms with Crippen LogP contribution in [0.5, 0.6) is 5.75 Å². The average molecular weight is 296 g/mol. The van der Waals surface area contributed by atoms with Gasteiger partial charge in [-0.15, -0.1) is 0 Å². The zero-order valence-corrected chi connectivity index (χ0v) is 12.6. The summed E-state index contributed by atoms with van der Waals surface area (Å²) in [5, 5.41) is 0. The highest BCUT2D eigenvalue weighted by molar-refractivity contribution is 5.62. The lowest BCUT2D eigenvalue weighted by Gasteiger charge is -2.05. The Morgan fingerprint density at radius 2 is 2.27 bits per heavy atom. The predicted octanol–water partition coefficient (Wildman–Crippen LogP) is 2.55. The first-order valence-corrected chi connectivity index (χ1v) is 7.54. The van der Waals surface area contributed by atoms with E-state index < -0.39 is 0 Å². The molecule has 1 aromatic carbocycles. The van der Waals surface area contributed by atoms with Crippen molar-refractivity contribution in [1.29, 1.82) is 0 Å². The molecular weight excluding hydrogens is 276 g/mol. The molecule has 2 N–H and O–H groups in total. The number of aromatic nitrogens is 2. The minimum atomic E-state index is 0.430. The van der Waals surface area contributed by atoms with Gasteiger partial charge in [-0.25, -0.2) is 0 Å². The van der Waals surface area contributed by atoms with Crippen LogP contribution in [-0.4, -0.2) is 22.2 Å². The van der Waals surface area contributed by atoms with E-state index in [1.165, 1.54) is 0 Å². The fourth-order valence-corrected chi connectivity index (χ4v) is 2.07. The standard InChI is InChI=1S/C17H20N4O/c1-2-22-15-5-3-4-13(12-15)8-10-21-11-9-16(20-17(21)18)19-14-6-7-14/h3-5,8-12,14H,2,6-7H2,1H3,(H2,18,19,20)/b10-8+. The van der Waals surface area contributed by atoms with Gasteiger partial charge in [0.1, 0.15) is 5.75 Å². The lowest BCUT2D eigenvalue weighted by atomic mass is 10.2. The molecule has 5 heteroatoms. The van der Waals surface area contributed by atoms with Gasteiger partial charge in [0.25, 0.3) is 0 Å². The molecule has 0 saturated heterocycles. The summed E-state index contributed by atoms with van der Waals surface area (Å²) in [6, 6.07) is 10.2. The van der Waals surface area contributed by atoms with E-state index in [0.29, 0.717) is 24.1 Å². The van der Waals surface area contributed by atoms with Gasteiger partial charge >= 0.3 is 0 Å². The quantitative estimate of drug-likeness (QED) is 0.922. The molecule has 0 amide bonds. The normalized spacial score (nSPS) is 15.4. The Balaban J connectivity index is 1.78. The highest BCUT2D eigenvalue weighted by Crippen LogP contribution is 2.22. The number of nitrogen functional groups attached to an aromatic ring is 1. The minimum absolute atomic E-state index is 0.430. The van der Waals surface area contributed by atoms with E-state index in [1.807, 2.05) is 55.7 Å². The number of hydrogen-bond donors (Lipinski definition) is 1. The molecule has 1 saturated carbocycles. The zero-order valence-electron chi connectivity index (χ0n) is 12.6. The maximum Gasteiger partial charge on any atom is 0.206 e. The predicted molar refractivity (Wildman–Crippen MR) is 88.1 cm³/mol. The van der Waals surface area contributed by atoms with Crippen LogP contribution in [0.15, 0.2) is 41.5 Å². The smallest absolute Gasteiger partial charge is 0.206 e. The van der Waals surface area contributed by atoms with Gasteiger partial charge in [-0.05, 0) is 49.6 Å². The molecule has 1 fully saturated rings. The zero-order chi connectivity index (χ0) is 15.4. The Morgan fingerprint density at radius 3 is 3.00 bits per heavy atom. The number of benzene rings is 1. The van der Waals surface area contributed by atoms with Crippen LogP contribution < -0.4 is 16.0 Å². The van der Waals surface area contributed by atoms with Crippen LogP contribution in [0.4, 0.5) is 5.95 Å². The van der Waals surface area contributed by atoms with E-state index in [9.17, 15) is 0 Å². The molecule has 0 unspecified atom stereocenters. The Labute approximate surface area is 129 Å². The third-order valence-corrected chi connectivity index (χ3v) is 3.34. The molecule has 1 heterocycles. The van der Waals surface area contributed by atoms with Crippen molar-refractivity contribution in [3.63, 3.8) is 0 Å². The second-order valence-corrected chi connectivity index (χ2v) is 5.23. The Kier molecular flexibility index (Phi) is 4.23. The first kappa shape index (κ1) is 14.4. The molecule has 0 spiro atoms. The van der Waals surface area contributed by atoms with Gasteiger partial charge in [-0.1, -0.05) is 12.1 Å². The number of rotatable bonds is 5. The van der Waals surface area contributed by atoms with Crippen LogP contribution in [0.1, 0.15) is 25.3 Å². The third kappa shape index (κ3) is 3.75. The van der Waals surface area contributed by atoms with E-state index in [4.69, 9.17) is 10.5 Å². The molecule has 1 aliphatic rings.